The summed E-state index contributed by atoms with van der Waals surface area (Å²) in [6.45, 7) is 1.01. The molecule has 0 saturated carbocycles. The van der Waals surface area contributed by atoms with Crippen molar-refractivity contribution >= 4 is 23.2 Å². The van der Waals surface area contributed by atoms with Crippen molar-refractivity contribution in [3.05, 3.63) is 29.3 Å². The van der Waals surface area contributed by atoms with Crippen LogP contribution >= 0.6 is 11.6 Å². The van der Waals surface area contributed by atoms with Crippen LogP contribution in [0.4, 0.5) is 5.69 Å². The average Bonchev–Trinajstić information content (AvgIpc) is 2.35. The van der Waals surface area contributed by atoms with Gasteiger partial charge in [0.1, 0.15) is 0 Å². The number of amides is 1. The zero-order valence-electron chi connectivity index (χ0n) is 9.37. The van der Waals surface area contributed by atoms with E-state index < -0.39 is 6.10 Å². The van der Waals surface area contributed by atoms with E-state index in [1.807, 2.05) is 18.2 Å². The van der Waals surface area contributed by atoms with Crippen LogP contribution < -0.4 is 10.6 Å². The maximum Gasteiger partial charge on any atom is 0.224 e. The Morgan fingerprint density at radius 3 is 3.06 bits per heavy atom. The summed E-state index contributed by atoms with van der Waals surface area (Å²) >= 11 is 5.51. The molecule has 92 valence electrons. The van der Waals surface area contributed by atoms with E-state index in [0.29, 0.717) is 19.5 Å². The number of hydrogen-bond donors (Lipinski definition) is 3. The lowest BCUT2D eigenvalue weighted by Crippen LogP contribution is -2.30. The number of halogens is 1. The molecule has 1 aliphatic rings. The summed E-state index contributed by atoms with van der Waals surface area (Å²) < 4.78 is 0. The Morgan fingerprint density at radius 2 is 2.29 bits per heavy atom. The standard InChI is InChI=1S/C12H15ClN2O2/c13-5-11(16)7-14-10-2-1-8-6-15-12(17)4-9(8)3-10/h1-3,11,14,16H,4-7H2,(H,15,17). The average molecular weight is 255 g/mol. The van der Waals surface area contributed by atoms with Gasteiger partial charge in [-0.2, -0.15) is 0 Å². The number of benzene rings is 1. The van der Waals surface area contributed by atoms with Gasteiger partial charge < -0.3 is 15.7 Å². The molecule has 1 aliphatic heterocycles. The number of fused-ring (bicyclic) bond motifs is 1. The molecule has 1 aromatic carbocycles. The molecule has 0 saturated heterocycles. The summed E-state index contributed by atoms with van der Waals surface area (Å²) in [5.41, 5.74) is 3.09. The molecule has 5 heteroatoms. The third kappa shape index (κ3) is 3.11. The molecule has 3 N–H and O–H groups in total. The van der Waals surface area contributed by atoms with E-state index in [-0.39, 0.29) is 11.8 Å². The first kappa shape index (κ1) is 12.2. The number of carbonyl (C=O) groups is 1. The van der Waals surface area contributed by atoms with E-state index in [1.165, 1.54) is 0 Å². The maximum absolute atomic E-state index is 11.3. The third-order valence-electron chi connectivity index (χ3n) is 2.75. The van der Waals surface area contributed by atoms with Crippen molar-refractivity contribution in [2.24, 2.45) is 0 Å². The van der Waals surface area contributed by atoms with E-state index in [0.717, 1.165) is 16.8 Å². The fraction of sp³-hybridized carbons (Fsp3) is 0.417. The van der Waals surface area contributed by atoms with Crippen molar-refractivity contribution in [2.45, 2.75) is 19.1 Å². The minimum Gasteiger partial charge on any atom is -0.390 e. The van der Waals surface area contributed by atoms with Crippen molar-refractivity contribution in [1.82, 2.24) is 5.32 Å². The van der Waals surface area contributed by atoms with E-state index in [4.69, 9.17) is 11.6 Å². The molecule has 1 atom stereocenters. The second-order valence-electron chi connectivity index (χ2n) is 4.13. The van der Waals surface area contributed by atoms with Gasteiger partial charge in [0, 0.05) is 18.8 Å². The number of carbonyl (C=O) groups excluding carboxylic acids is 1. The third-order valence-corrected chi connectivity index (χ3v) is 3.11. The fourth-order valence-electron chi connectivity index (χ4n) is 1.79. The van der Waals surface area contributed by atoms with Gasteiger partial charge in [-0.1, -0.05) is 6.07 Å². The number of anilines is 1. The van der Waals surface area contributed by atoms with Crippen molar-refractivity contribution in [3.8, 4) is 0 Å². The first-order chi connectivity index (χ1) is 8.19. The molecule has 0 aromatic heterocycles. The highest BCUT2D eigenvalue weighted by atomic mass is 35.5. The van der Waals surface area contributed by atoms with Crippen LogP contribution in [0.3, 0.4) is 0 Å². The van der Waals surface area contributed by atoms with Crippen molar-refractivity contribution < 1.29 is 9.90 Å². The summed E-state index contributed by atoms with van der Waals surface area (Å²) in [5.74, 6) is 0.260. The van der Waals surface area contributed by atoms with Crippen LogP contribution in [0.5, 0.6) is 0 Å². The van der Waals surface area contributed by atoms with Crippen LogP contribution in [0.2, 0.25) is 0 Å². The predicted molar refractivity (Wildman–Crippen MR) is 67.2 cm³/mol. The topological polar surface area (TPSA) is 61.4 Å². The summed E-state index contributed by atoms with van der Waals surface area (Å²) in [5, 5.41) is 15.2. The molecule has 0 spiro atoms. The molecule has 1 aromatic rings. The van der Waals surface area contributed by atoms with E-state index in [2.05, 4.69) is 10.6 Å². The van der Waals surface area contributed by atoms with Gasteiger partial charge in [0.15, 0.2) is 0 Å². The van der Waals surface area contributed by atoms with Gasteiger partial charge in [-0.3, -0.25) is 4.79 Å². The molecule has 0 fully saturated rings. The second kappa shape index (κ2) is 5.38. The summed E-state index contributed by atoms with van der Waals surface area (Å²) in [6.07, 6.45) is -0.140. The number of rotatable bonds is 4. The molecule has 0 bridgehead atoms. The Morgan fingerprint density at radius 1 is 1.47 bits per heavy atom. The molecule has 17 heavy (non-hydrogen) atoms. The molecular formula is C12H15ClN2O2. The quantitative estimate of drug-likeness (QED) is 0.699. The smallest absolute Gasteiger partial charge is 0.224 e. The van der Waals surface area contributed by atoms with Crippen LogP contribution in [0.25, 0.3) is 0 Å². The van der Waals surface area contributed by atoms with E-state index in [1.54, 1.807) is 0 Å². The Bertz CT molecular complexity index is 423. The Kier molecular flexibility index (Phi) is 3.86. The first-order valence-electron chi connectivity index (χ1n) is 5.55. The van der Waals surface area contributed by atoms with Crippen LogP contribution in [0.1, 0.15) is 11.1 Å². The number of hydrogen-bond acceptors (Lipinski definition) is 3. The molecule has 4 nitrogen and oxygen atoms in total. The van der Waals surface area contributed by atoms with Gasteiger partial charge in [0.2, 0.25) is 5.91 Å². The monoisotopic (exact) mass is 254 g/mol. The largest absolute Gasteiger partial charge is 0.390 e. The van der Waals surface area contributed by atoms with Gasteiger partial charge >= 0.3 is 0 Å². The predicted octanol–water partition coefficient (Wildman–Crippen LogP) is 0.871. The molecule has 2 rings (SSSR count). The van der Waals surface area contributed by atoms with Crippen LogP contribution in [-0.2, 0) is 17.8 Å². The molecule has 1 heterocycles. The lowest BCUT2D eigenvalue weighted by Gasteiger charge is -2.18. The summed E-state index contributed by atoms with van der Waals surface area (Å²) in [6, 6.07) is 5.89. The second-order valence-corrected chi connectivity index (χ2v) is 4.43. The van der Waals surface area contributed by atoms with Gasteiger partial charge in [-0.25, -0.2) is 0 Å². The first-order valence-corrected chi connectivity index (χ1v) is 6.09. The lowest BCUT2D eigenvalue weighted by atomic mass is 10.00. The van der Waals surface area contributed by atoms with Crippen molar-refractivity contribution in [1.29, 1.82) is 0 Å². The van der Waals surface area contributed by atoms with Crippen LogP contribution in [0, 0.1) is 0 Å². The van der Waals surface area contributed by atoms with E-state index in [9.17, 15) is 9.90 Å². The van der Waals surface area contributed by atoms with Gasteiger partial charge in [-0.15, -0.1) is 11.6 Å². The summed E-state index contributed by atoms with van der Waals surface area (Å²) in [7, 11) is 0. The molecular weight excluding hydrogens is 240 g/mol. The van der Waals surface area contributed by atoms with Crippen molar-refractivity contribution in [3.63, 3.8) is 0 Å². The zero-order chi connectivity index (χ0) is 12.3. The SMILES string of the molecule is O=C1Cc2cc(NCC(O)CCl)ccc2CN1. The zero-order valence-corrected chi connectivity index (χ0v) is 10.1. The molecule has 1 amide bonds. The maximum atomic E-state index is 11.3. The molecule has 0 aliphatic carbocycles. The number of aliphatic hydroxyl groups is 1. The normalized spacial score (nSPS) is 16.0. The number of nitrogens with one attached hydrogen (secondary N) is 2. The minimum absolute atomic E-state index is 0.0513. The Hall–Kier alpha value is -1.26. The lowest BCUT2D eigenvalue weighted by molar-refractivity contribution is -0.121. The highest BCUT2D eigenvalue weighted by molar-refractivity contribution is 6.18. The van der Waals surface area contributed by atoms with Gasteiger partial charge in [0.25, 0.3) is 0 Å². The van der Waals surface area contributed by atoms with Crippen LogP contribution in [0.15, 0.2) is 18.2 Å². The van der Waals surface area contributed by atoms with Gasteiger partial charge in [0.05, 0.1) is 18.4 Å². The fourth-order valence-corrected chi connectivity index (χ4v) is 1.90. The van der Waals surface area contributed by atoms with Crippen molar-refractivity contribution in [2.75, 3.05) is 17.7 Å². The number of alkyl halides is 1. The van der Waals surface area contributed by atoms with E-state index >= 15 is 0 Å². The summed E-state index contributed by atoms with van der Waals surface area (Å²) in [4.78, 5) is 11.3. The molecule has 0 radical (unpaired) electrons. The Labute approximate surface area is 105 Å². The van der Waals surface area contributed by atoms with Gasteiger partial charge in [-0.05, 0) is 23.3 Å². The van der Waals surface area contributed by atoms with Crippen LogP contribution in [-0.4, -0.2) is 29.5 Å². The highest BCUT2D eigenvalue weighted by Crippen LogP contribution is 2.19. The number of aliphatic hydroxyl groups excluding tert-OH is 1. The minimum atomic E-state index is -0.559. The molecule has 1 unspecified atom stereocenters. The highest BCUT2D eigenvalue weighted by Gasteiger charge is 2.14. The Balaban J connectivity index is 2.05.